The molecule has 0 amide bonds. The molecule has 0 aliphatic heterocycles. The molecular weight excluding hydrogens is 652 g/mol. The van der Waals surface area contributed by atoms with Gasteiger partial charge in [-0.1, -0.05) is 102 Å². The minimum atomic E-state index is -0.130. The van der Waals surface area contributed by atoms with Crippen LogP contribution in [0.4, 0.5) is 0 Å². The number of rotatable bonds is 36. The van der Waals surface area contributed by atoms with E-state index in [-0.39, 0.29) is 11.9 Å². The zero-order valence-corrected chi connectivity index (χ0v) is 32.9. The standard InChI is InChI=1S/C45H72O7/c1-3-5-7-9-11-13-14-15-16-17-18-20-22-24-26-32-45(48)52-36-30-28-34-50-43-38-41(40-46)37-42(39-43)49-33-27-29-35-51-44(47)31-25-23-21-19-12-10-8-6-4-2/h8,10-11,13,15-16,37-40H,3-7,9,12,14,17-36H2,1-2H3. The van der Waals surface area contributed by atoms with Crippen molar-refractivity contribution in [2.45, 2.75) is 168 Å². The Morgan fingerprint density at radius 1 is 0.481 bits per heavy atom. The summed E-state index contributed by atoms with van der Waals surface area (Å²) in [6.45, 7) is 6.10. The minimum Gasteiger partial charge on any atom is -0.493 e. The third-order valence-corrected chi connectivity index (χ3v) is 8.63. The molecule has 0 saturated heterocycles. The van der Waals surface area contributed by atoms with Crippen LogP contribution < -0.4 is 9.47 Å². The van der Waals surface area contributed by atoms with Crippen molar-refractivity contribution in [1.29, 1.82) is 0 Å². The molecule has 7 heteroatoms. The largest absolute Gasteiger partial charge is 0.493 e. The molecule has 0 aliphatic rings. The maximum absolute atomic E-state index is 12.1. The third-order valence-electron chi connectivity index (χ3n) is 8.63. The summed E-state index contributed by atoms with van der Waals surface area (Å²) in [7, 11) is 0. The summed E-state index contributed by atoms with van der Waals surface area (Å²) >= 11 is 0. The number of allylic oxidation sites excluding steroid dienone is 6. The summed E-state index contributed by atoms with van der Waals surface area (Å²) in [6.07, 6.45) is 38.8. The Kier molecular flexibility index (Phi) is 32.3. The normalized spacial score (nSPS) is 11.5. The Bertz CT molecular complexity index is 1110. The number of carbonyl (C=O) groups excluding carboxylic acids is 3. The van der Waals surface area contributed by atoms with E-state index in [9.17, 15) is 14.4 Å². The molecule has 0 heterocycles. The third kappa shape index (κ3) is 30.3. The minimum absolute atomic E-state index is 0.127. The number of carbonyl (C=O) groups is 3. The van der Waals surface area contributed by atoms with E-state index in [1.807, 2.05) is 0 Å². The first kappa shape index (κ1) is 46.7. The van der Waals surface area contributed by atoms with Crippen molar-refractivity contribution in [2.24, 2.45) is 0 Å². The number of hydrogen-bond acceptors (Lipinski definition) is 7. The Labute approximate surface area is 317 Å². The number of benzene rings is 1. The highest BCUT2D eigenvalue weighted by molar-refractivity contribution is 5.76. The van der Waals surface area contributed by atoms with Crippen LogP contribution in [0.2, 0.25) is 0 Å². The summed E-state index contributed by atoms with van der Waals surface area (Å²) < 4.78 is 22.5. The first-order chi connectivity index (χ1) is 25.6. The van der Waals surface area contributed by atoms with Gasteiger partial charge in [0.1, 0.15) is 17.8 Å². The van der Waals surface area contributed by atoms with Gasteiger partial charge in [0, 0.05) is 24.5 Å². The van der Waals surface area contributed by atoms with Crippen LogP contribution in [0.5, 0.6) is 11.5 Å². The van der Waals surface area contributed by atoms with Crippen LogP contribution in [-0.4, -0.2) is 44.7 Å². The molecule has 294 valence electrons. The molecule has 1 aromatic rings. The molecule has 0 aromatic heterocycles. The molecule has 0 saturated carbocycles. The van der Waals surface area contributed by atoms with Crippen LogP contribution in [0.3, 0.4) is 0 Å². The Hall–Kier alpha value is -3.35. The summed E-state index contributed by atoms with van der Waals surface area (Å²) in [5, 5.41) is 0. The molecule has 7 nitrogen and oxygen atoms in total. The maximum Gasteiger partial charge on any atom is 0.305 e. The van der Waals surface area contributed by atoms with Crippen LogP contribution in [0, 0.1) is 0 Å². The highest BCUT2D eigenvalue weighted by Gasteiger charge is 2.06. The lowest BCUT2D eigenvalue weighted by Gasteiger charge is -2.11. The number of unbranched alkanes of at least 4 members (excludes halogenated alkanes) is 15. The smallest absolute Gasteiger partial charge is 0.305 e. The molecule has 0 atom stereocenters. The van der Waals surface area contributed by atoms with Gasteiger partial charge < -0.3 is 18.9 Å². The molecule has 0 radical (unpaired) electrons. The zero-order chi connectivity index (χ0) is 37.6. The van der Waals surface area contributed by atoms with Crippen molar-refractivity contribution in [2.75, 3.05) is 26.4 Å². The van der Waals surface area contributed by atoms with Gasteiger partial charge in [0.15, 0.2) is 0 Å². The SMILES string of the molecule is CCCC=CCCCCCCC(=O)OCCCCOc1cc(C=O)cc(OCCCCOC(=O)CCCCCCCC=CCC=CCCCCC)c1. The van der Waals surface area contributed by atoms with Crippen LogP contribution in [-0.2, 0) is 19.1 Å². The second-order valence-electron chi connectivity index (χ2n) is 13.6. The van der Waals surface area contributed by atoms with Gasteiger partial charge in [-0.15, -0.1) is 0 Å². The van der Waals surface area contributed by atoms with E-state index in [0.717, 1.165) is 83.3 Å². The van der Waals surface area contributed by atoms with Crippen molar-refractivity contribution < 1.29 is 33.3 Å². The second kappa shape index (κ2) is 36.0. The molecule has 0 N–H and O–H groups in total. The van der Waals surface area contributed by atoms with Gasteiger partial charge in [-0.25, -0.2) is 0 Å². The number of hydrogen-bond donors (Lipinski definition) is 0. The fraction of sp³-hybridized carbons (Fsp3) is 0.667. The topological polar surface area (TPSA) is 88.1 Å². The maximum atomic E-state index is 12.1. The van der Waals surface area contributed by atoms with Gasteiger partial charge in [0.25, 0.3) is 0 Å². The number of esters is 2. The molecule has 1 rings (SSSR count). The molecule has 0 aliphatic carbocycles. The summed E-state index contributed by atoms with van der Waals surface area (Å²) in [6, 6.07) is 5.16. The van der Waals surface area contributed by atoms with Gasteiger partial charge in [0.2, 0.25) is 0 Å². The second-order valence-corrected chi connectivity index (χ2v) is 13.6. The van der Waals surface area contributed by atoms with Crippen LogP contribution in [0.25, 0.3) is 0 Å². The fourth-order valence-electron chi connectivity index (χ4n) is 5.50. The van der Waals surface area contributed by atoms with E-state index in [1.54, 1.807) is 18.2 Å². The lowest BCUT2D eigenvalue weighted by Crippen LogP contribution is -2.07. The van der Waals surface area contributed by atoms with Crippen molar-refractivity contribution >= 4 is 18.2 Å². The highest BCUT2D eigenvalue weighted by atomic mass is 16.5. The van der Waals surface area contributed by atoms with E-state index in [4.69, 9.17) is 18.9 Å². The predicted octanol–water partition coefficient (Wildman–Crippen LogP) is 12.4. The van der Waals surface area contributed by atoms with Crippen molar-refractivity contribution in [3.05, 3.63) is 60.2 Å². The molecule has 0 fully saturated rings. The number of ether oxygens (including phenoxy) is 4. The average molecular weight is 725 g/mol. The van der Waals surface area contributed by atoms with Gasteiger partial charge in [0.05, 0.1) is 26.4 Å². The Morgan fingerprint density at radius 2 is 0.923 bits per heavy atom. The monoisotopic (exact) mass is 725 g/mol. The lowest BCUT2D eigenvalue weighted by molar-refractivity contribution is -0.144. The van der Waals surface area contributed by atoms with E-state index in [1.165, 1.54) is 51.4 Å². The van der Waals surface area contributed by atoms with E-state index in [2.05, 4.69) is 50.3 Å². The van der Waals surface area contributed by atoms with Crippen LogP contribution >= 0.6 is 0 Å². The quantitative estimate of drug-likeness (QED) is 0.0294. The van der Waals surface area contributed by atoms with Gasteiger partial charge >= 0.3 is 11.9 Å². The lowest BCUT2D eigenvalue weighted by atomic mass is 10.1. The molecule has 52 heavy (non-hydrogen) atoms. The first-order valence-electron chi connectivity index (χ1n) is 20.7. The van der Waals surface area contributed by atoms with Crippen molar-refractivity contribution in [1.82, 2.24) is 0 Å². The van der Waals surface area contributed by atoms with Crippen molar-refractivity contribution in [3.63, 3.8) is 0 Å². The van der Waals surface area contributed by atoms with Gasteiger partial charge in [-0.3, -0.25) is 14.4 Å². The average Bonchev–Trinajstić information content (AvgIpc) is 3.15. The Balaban J connectivity index is 2.04. The molecular formula is C45H72O7. The summed E-state index contributed by atoms with van der Waals surface area (Å²) in [4.78, 5) is 35.5. The summed E-state index contributed by atoms with van der Waals surface area (Å²) in [5.74, 6) is 0.881. The molecule has 0 bridgehead atoms. The van der Waals surface area contributed by atoms with E-state index in [0.29, 0.717) is 69.2 Å². The zero-order valence-electron chi connectivity index (χ0n) is 32.9. The van der Waals surface area contributed by atoms with Gasteiger partial charge in [-0.2, -0.15) is 0 Å². The van der Waals surface area contributed by atoms with Gasteiger partial charge in [-0.05, 0) is 102 Å². The van der Waals surface area contributed by atoms with Crippen molar-refractivity contribution in [3.8, 4) is 11.5 Å². The van der Waals surface area contributed by atoms with E-state index < -0.39 is 0 Å². The van der Waals surface area contributed by atoms with Crippen LogP contribution in [0.15, 0.2) is 54.7 Å². The first-order valence-corrected chi connectivity index (χ1v) is 20.7. The highest BCUT2D eigenvalue weighted by Crippen LogP contribution is 2.23. The summed E-state index contributed by atoms with van der Waals surface area (Å²) in [5.41, 5.74) is 0.483. The predicted molar refractivity (Wildman–Crippen MR) is 214 cm³/mol. The Morgan fingerprint density at radius 3 is 1.42 bits per heavy atom. The number of aldehydes is 1. The van der Waals surface area contributed by atoms with E-state index >= 15 is 0 Å². The molecule has 0 unspecified atom stereocenters. The molecule has 0 spiro atoms. The van der Waals surface area contributed by atoms with Crippen LogP contribution in [0.1, 0.15) is 178 Å². The fourth-order valence-corrected chi connectivity index (χ4v) is 5.50. The molecule has 1 aromatic carbocycles.